The average molecular weight is 218 g/mol. The monoisotopic (exact) mass is 218 g/mol. The van der Waals surface area contributed by atoms with Crippen LogP contribution in [-0.4, -0.2) is 20.9 Å². The molecule has 6 nitrogen and oxygen atoms in total. The third-order valence-corrected chi connectivity index (χ3v) is 1.99. The Kier molecular flexibility index (Phi) is 2.40. The van der Waals surface area contributed by atoms with E-state index in [2.05, 4.69) is 20.3 Å². The number of nitrogens with one attached hydrogen (secondary N) is 2. The predicted molar refractivity (Wildman–Crippen MR) is 59.2 cm³/mol. The molecule has 0 saturated heterocycles. The van der Waals surface area contributed by atoms with Gasteiger partial charge in [0.1, 0.15) is 0 Å². The summed E-state index contributed by atoms with van der Waals surface area (Å²) in [5, 5.41) is 2.82. The molecule has 0 aliphatic rings. The summed E-state index contributed by atoms with van der Waals surface area (Å²) in [4.78, 5) is 33.0. The van der Waals surface area contributed by atoms with Crippen molar-refractivity contribution in [2.75, 3.05) is 5.32 Å². The van der Waals surface area contributed by atoms with Crippen LogP contribution in [0.2, 0.25) is 0 Å². The third kappa shape index (κ3) is 1.90. The van der Waals surface area contributed by atoms with Crippen molar-refractivity contribution < 1.29 is 4.79 Å². The van der Waals surface area contributed by atoms with E-state index in [1.165, 1.54) is 6.92 Å². The minimum absolute atomic E-state index is 0.112. The fraction of sp³-hybridized carbons (Fsp3) is 0.200. The van der Waals surface area contributed by atoms with E-state index in [4.69, 9.17) is 0 Å². The van der Waals surface area contributed by atoms with E-state index in [1.807, 2.05) is 6.92 Å². The first-order chi connectivity index (χ1) is 7.56. The summed E-state index contributed by atoms with van der Waals surface area (Å²) in [5.74, 6) is -0.184. The maximum absolute atomic E-state index is 11.6. The third-order valence-electron chi connectivity index (χ3n) is 1.99. The quantitative estimate of drug-likeness (QED) is 0.733. The Morgan fingerprint density at radius 1 is 1.50 bits per heavy atom. The Morgan fingerprint density at radius 2 is 2.25 bits per heavy atom. The molecule has 0 aliphatic heterocycles. The first kappa shape index (κ1) is 10.3. The van der Waals surface area contributed by atoms with Crippen molar-refractivity contribution >= 4 is 22.9 Å². The van der Waals surface area contributed by atoms with Crippen molar-refractivity contribution in [2.24, 2.45) is 0 Å². The lowest BCUT2D eigenvalue weighted by Gasteiger charge is -2.02. The van der Waals surface area contributed by atoms with Gasteiger partial charge < -0.3 is 0 Å². The summed E-state index contributed by atoms with van der Waals surface area (Å²) >= 11 is 0. The number of nitrogens with zero attached hydrogens (tertiary/aromatic N) is 2. The summed E-state index contributed by atoms with van der Waals surface area (Å²) in [7, 11) is 0. The van der Waals surface area contributed by atoms with E-state index < -0.39 is 0 Å². The number of fused-ring (bicyclic) bond motifs is 1. The van der Waals surface area contributed by atoms with Crippen LogP contribution in [0.15, 0.2) is 17.1 Å². The molecular weight excluding hydrogens is 208 g/mol. The van der Waals surface area contributed by atoms with Crippen molar-refractivity contribution in [3.8, 4) is 0 Å². The van der Waals surface area contributed by atoms with Crippen LogP contribution in [0.25, 0.3) is 11.0 Å². The fourth-order valence-corrected chi connectivity index (χ4v) is 1.35. The number of aryl methyl sites for hydroxylation is 1. The highest BCUT2D eigenvalue weighted by Crippen LogP contribution is 2.07. The van der Waals surface area contributed by atoms with Gasteiger partial charge in [0.25, 0.3) is 5.56 Å². The van der Waals surface area contributed by atoms with E-state index in [1.54, 1.807) is 12.3 Å². The first-order valence-corrected chi connectivity index (χ1v) is 4.70. The zero-order chi connectivity index (χ0) is 11.7. The van der Waals surface area contributed by atoms with Crippen LogP contribution in [0, 0.1) is 6.92 Å². The molecule has 0 fully saturated rings. The molecule has 2 heterocycles. The summed E-state index contributed by atoms with van der Waals surface area (Å²) in [6.07, 6.45) is 1.62. The number of H-pyrrole nitrogens is 1. The SMILES string of the molecule is CC(=O)Nc1nc2ncc(C)cc2c(=O)[nH]1. The van der Waals surface area contributed by atoms with Crippen LogP contribution in [0.3, 0.4) is 0 Å². The molecule has 2 rings (SSSR count). The average Bonchev–Trinajstić information content (AvgIpc) is 2.18. The van der Waals surface area contributed by atoms with Gasteiger partial charge in [-0.1, -0.05) is 0 Å². The van der Waals surface area contributed by atoms with Gasteiger partial charge in [0.2, 0.25) is 11.9 Å². The van der Waals surface area contributed by atoms with Gasteiger partial charge in [-0.25, -0.2) is 4.98 Å². The van der Waals surface area contributed by atoms with Crippen molar-refractivity contribution in [1.82, 2.24) is 15.0 Å². The number of carbonyl (C=O) groups excluding carboxylic acids is 1. The van der Waals surface area contributed by atoms with Gasteiger partial charge in [-0.2, -0.15) is 4.98 Å². The number of rotatable bonds is 1. The van der Waals surface area contributed by atoms with Gasteiger partial charge in [0.05, 0.1) is 5.39 Å². The van der Waals surface area contributed by atoms with E-state index in [0.717, 1.165) is 5.56 Å². The van der Waals surface area contributed by atoms with Crippen LogP contribution in [0.1, 0.15) is 12.5 Å². The van der Waals surface area contributed by atoms with Gasteiger partial charge >= 0.3 is 0 Å². The highest BCUT2D eigenvalue weighted by molar-refractivity contribution is 5.87. The molecule has 2 aromatic rings. The molecule has 82 valence electrons. The zero-order valence-electron chi connectivity index (χ0n) is 8.87. The van der Waals surface area contributed by atoms with Crippen LogP contribution in [0.4, 0.5) is 5.95 Å². The molecule has 1 amide bonds. The Morgan fingerprint density at radius 3 is 2.94 bits per heavy atom. The molecule has 0 atom stereocenters. The molecule has 0 radical (unpaired) electrons. The molecule has 6 heteroatoms. The largest absolute Gasteiger partial charge is 0.296 e. The Bertz CT molecular complexity index is 618. The van der Waals surface area contributed by atoms with Gasteiger partial charge in [0, 0.05) is 13.1 Å². The van der Waals surface area contributed by atoms with Crippen molar-refractivity contribution in [3.63, 3.8) is 0 Å². The summed E-state index contributed by atoms with van der Waals surface area (Å²) < 4.78 is 0. The number of pyridine rings is 1. The number of amides is 1. The van der Waals surface area contributed by atoms with Gasteiger partial charge in [-0.15, -0.1) is 0 Å². The highest BCUT2D eigenvalue weighted by atomic mass is 16.1. The minimum atomic E-state index is -0.315. The summed E-state index contributed by atoms with van der Waals surface area (Å²) in [6, 6.07) is 1.70. The van der Waals surface area contributed by atoms with Crippen LogP contribution in [0.5, 0.6) is 0 Å². The molecule has 2 aromatic heterocycles. The number of aromatic nitrogens is 3. The maximum atomic E-state index is 11.6. The molecule has 0 aliphatic carbocycles. The number of carbonyl (C=O) groups is 1. The Labute approximate surface area is 90.7 Å². The normalized spacial score (nSPS) is 10.4. The molecule has 2 N–H and O–H groups in total. The highest BCUT2D eigenvalue weighted by Gasteiger charge is 2.05. The van der Waals surface area contributed by atoms with Gasteiger partial charge in [-0.05, 0) is 18.6 Å². The Hall–Kier alpha value is -2.24. The number of anilines is 1. The number of aromatic amines is 1. The first-order valence-electron chi connectivity index (χ1n) is 4.70. The molecular formula is C10H10N4O2. The van der Waals surface area contributed by atoms with Crippen LogP contribution < -0.4 is 10.9 Å². The maximum Gasteiger partial charge on any atom is 0.261 e. The van der Waals surface area contributed by atoms with Crippen LogP contribution in [-0.2, 0) is 4.79 Å². The lowest BCUT2D eigenvalue weighted by atomic mass is 10.2. The topological polar surface area (TPSA) is 87.7 Å². The minimum Gasteiger partial charge on any atom is -0.296 e. The van der Waals surface area contributed by atoms with Gasteiger partial charge in [0.15, 0.2) is 5.65 Å². The molecule has 0 bridgehead atoms. The fourth-order valence-electron chi connectivity index (χ4n) is 1.35. The van der Waals surface area contributed by atoms with Gasteiger partial charge in [-0.3, -0.25) is 19.9 Å². The molecule has 16 heavy (non-hydrogen) atoms. The number of hydrogen-bond donors (Lipinski definition) is 2. The lowest BCUT2D eigenvalue weighted by Crippen LogP contribution is -2.16. The van der Waals surface area contributed by atoms with Crippen LogP contribution >= 0.6 is 0 Å². The summed E-state index contributed by atoms with van der Waals surface area (Å²) in [5.41, 5.74) is 0.884. The second-order valence-corrected chi connectivity index (χ2v) is 3.48. The van der Waals surface area contributed by atoms with E-state index in [-0.39, 0.29) is 17.4 Å². The lowest BCUT2D eigenvalue weighted by molar-refractivity contribution is -0.114. The summed E-state index contributed by atoms with van der Waals surface area (Å²) in [6.45, 7) is 3.18. The molecule has 0 spiro atoms. The Balaban J connectivity index is 2.64. The van der Waals surface area contributed by atoms with Crippen molar-refractivity contribution in [3.05, 3.63) is 28.2 Å². The molecule has 0 aromatic carbocycles. The molecule has 0 saturated carbocycles. The standard InChI is InChI=1S/C10H10N4O2/c1-5-3-7-8(11-4-5)13-10(12-6(2)15)14-9(7)16/h3-4H,1-2H3,(H2,11,12,13,14,15,16). The zero-order valence-corrected chi connectivity index (χ0v) is 8.87. The second-order valence-electron chi connectivity index (χ2n) is 3.48. The second kappa shape index (κ2) is 3.73. The van der Waals surface area contributed by atoms with E-state index in [0.29, 0.717) is 11.0 Å². The number of hydrogen-bond acceptors (Lipinski definition) is 4. The van der Waals surface area contributed by atoms with Crippen molar-refractivity contribution in [2.45, 2.75) is 13.8 Å². The predicted octanol–water partition coefficient (Wildman–Crippen LogP) is 0.585. The van der Waals surface area contributed by atoms with E-state index in [9.17, 15) is 9.59 Å². The molecule has 0 unspecified atom stereocenters. The smallest absolute Gasteiger partial charge is 0.261 e. The van der Waals surface area contributed by atoms with E-state index >= 15 is 0 Å². The van der Waals surface area contributed by atoms with Crippen molar-refractivity contribution in [1.29, 1.82) is 0 Å².